The predicted octanol–water partition coefficient (Wildman–Crippen LogP) is 2.84. The number of aryl methyl sites for hydroxylation is 1. The summed E-state index contributed by atoms with van der Waals surface area (Å²) in [5.74, 6) is -0.519. The van der Waals surface area contributed by atoms with Crippen molar-refractivity contribution in [2.45, 2.75) is 70.9 Å². The van der Waals surface area contributed by atoms with Crippen LogP contribution >= 0.6 is 7.75 Å². The number of halogens is 1. The number of alkyl halides is 1. The Morgan fingerprint density at radius 3 is 2.67 bits per heavy atom. The number of carbonyl (C=O) groups is 1. The van der Waals surface area contributed by atoms with Crippen molar-refractivity contribution in [1.82, 2.24) is 24.6 Å². The molecule has 0 aliphatic carbocycles. The van der Waals surface area contributed by atoms with Gasteiger partial charge in [-0.15, -0.1) is 0 Å². The van der Waals surface area contributed by atoms with Gasteiger partial charge in [-0.05, 0) is 46.8 Å². The highest BCUT2D eigenvalue weighted by atomic mass is 31.2. The number of imidazole rings is 1. The van der Waals surface area contributed by atoms with Gasteiger partial charge in [0.1, 0.15) is 29.5 Å². The number of aliphatic hydroxyl groups is 1. The van der Waals surface area contributed by atoms with E-state index in [0.717, 1.165) is 6.92 Å². The minimum atomic E-state index is -4.27. The molecule has 1 aromatic carbocycles. The number of hydrogen-bond acceptors (Lipinski definition) is 11. The van der Waals surface area contributed by atoms with Gasteiger partial charge in [0.15, 0.2) is 17.5 Å². The smallest absolute Gasteiger partial charge is 0.459 e. The van der Waals surface area contributed by atoms with Crippen molar-refractivity contribution in [2.75, 3.05) is 12.3 Å². The second-order valence-corrected chi connectivity index (χ2v) is 11.3. The average molecular weight is 567 g/mol. The summed E-state index contributed by atoms with van der Waals surface area (Å²) in [4.78, 5) is 24.8. The average Bonchev–Trinajstić information content (AvgIpc) is 3.36. The van der Waals surface area contributed by atoms with Gasteiger partial charge < -0.3 is 24.8 Å². The van der Waals surface area contributed by atoms with E-state index in [1.165, 1.54) is 17.8 Å². The number of esters is 1. The fraction of sp³-hybridized carbons (Fsp3) is 0.500. The highest BCUT2D eigenvalue weighted by Crippen LogP contribution is 2.48. The van der Waals surface area contributed by atoms with E-state index < -0.39 is 56.6 Å². The maximum absolute atomic E-state index is 15.9. The molecule has 3 heterocycles. The summed E-state index contributed by atoms with van der Waals surface area (Å²) < 4.78 is 53.1. The molecule has 4 N–H and O–H groups in total. The maximum atomic E-state index is 15.9. The van der Waals surface area contributed by atoms with Gasteiger partial charge in [0.2, 0.25) is 5.95 Å². The van der Waals surface area contributed by atoms with Gasteiger partial charge in [-0.3, -0.25) is 13.9 Å². The first-order valence-corrected chi connectivity index (χ1v) is 13.8. The fourth-order valence-corrected chi connectivity index (χ4v) is 5.61. The molecule has 39 heavy (non-hydrogen) atoms. The quantitative estimate of drug-likeness (QED) is 0.242. The molecule has 1 fully saturated rings. The van der Waals surface area contributed by atoms with Crippen LogP contribution < -0.4 is 15.3 Å². The summed E-state index contributed by atoms with van der Waals surface area (Å²) in [7, 11) is -4.27. The molecule has 0 bridgehead atoms. The Morgan fingerprint density at radius 2 is 2.00 bits per heavy atom. The van der Waals surface area contributed by atoms with Gasteiger partial charge in [-0.25, -0.2) is 18.9 Å². The van der Waals surface area contributed by atoms with Crippen molar-refractivity contribution in [3.8, 4) is 5.75 Å². The molecular formula is C24H32FN6O7P. The van der Waals surface area contributed by atoms with Crippen molar-refractivity contribution in [2.24, 2.45) is 0 Å². The SMILES string of the molecule is Cc1nc(N)nc2c1ncn2[C@@H]1O[C@H](CO[P@@](=O)(N[C@@H](C)C(=O)OC(C)C)Oc2ccccc2)[C@@H](O)[C@@]1(C)F. The van der Waals surface area contributed by atoms with Crippen molar-refractivity contribution < 1.29 is 37.4 Å². The number of benzene rings is 1. The second kappa shape index (κ2) is 11.1. The zero-order valence-electron chi connectivity index (χ0n) is 22.1. The van der Waals surface area contributed by atoms with Gasteiger partial charge >= 0.3 is 13.7 Å². The zero-order chi connectivity index (χ0) is 28.5. The van der Waals surface area contributed by atoms with E-state index in [1.807, 2.05) is 0 Å². The first-order valence-electron chi connectivity index (χ1n) is 12.3. The molecular weight excluding hydrogens is 534 g/mol. The van der Waals surface area contributed by atoms with E-state index in [2.05, 4.69) is 20.0 Å². The molecule has 1 aliphatic heterocycles. The van der Waals surface area contributed by atoms with Crippen LogP contribution in [0.15, 0.2) is 36.7 Å². The number of aliphatic hydroxyl groups excluding tert-OH is 1. The van der Waals surface area contributed by atoms with Gasteiger partial charge in [0.05, 0.1) is 24.7 Å². The number of ether oxygens (including phenoxy) is 2. The van der Waals surface area contributed by atoms with E-state index in [1.54, 1.807) is 51.1 Å². The van der Waals surface area contributed by atoms with Crippen molar-refractivity contribution in [1.29, 1.82) is 0 Å². The van der Waals surface area contributed by atoms with E-state index >= 15 is 4.39 Å². The number of para-hydroxylation sites is 1. The first-order chi connectivity index (χ1) is 18.3. The first kappa shape index (κ1) is 28.8. The number of nitrogens with two attached hydrogens (primary N) is 1. The van der Waals surface area contributed by atoms with Crippen LogP contribution in [0.3, 0.4) is 0 Å². The molecule has 1 saturated heterocycles. The van der Waals surface area contributed by atoms with Crippen molar-refractivity contribution in [3.63, 3.8) is 0 Å². The number of nitrogen functional groups attached to an aromatic ring is 1. The summed E-state index contributed by atoms with van der Waals surface area (Å²) in [6.45, 7) is 7.08. The Bertz CT molecular complexity index is 1370. The van der Waals surface area contributed by atoms with E-state index in [-0.39, 0.29) is 17.3 Å². The lowest BCUT2D eigenvalue weighted by Gasteiger charge is -2.25. The molecule has 0 unspecified atom stereocenters. The topological polar surface area (TPSA) is 173 Å². The van der Waals surface area contributed by atoms with Crippen LogP contribution in [0.25, 0.3) is 11.2 Å². The molecule has 0 spiro atoms. The van der Waals surface area contributed by atoms with Crippen LogP contribution in [0, 0.1) is 6.92 Å². The minimum Gasteiger partial charge on any atom is -0.462 e. The molecule has 4 rings (SSSR count). The monoisotopic (exact) mass is 566 g/mol. The molecule has 2 aromatic heterocycles. The Hall–Kier alpha value is -3.16. The Balaban J connectivity index is 1.55. The van der Waals surface area contributed by atoms with Crippen LogP contribution in [0.1, 0.15) is 39.6 Å². The van der Waals surface area contributed by atoms with Crippen molar-refractivity contribution in [3.05, 3.63) is 42.4 Å². The summed E-state index contributed by atoms with van der Waals surface area (Å²) in [5, 5.41) is 13.4. The lowest BCUT2D eigenvalue weighted by Crippen LogP contribution is -2.41. The van der Waals surface area contributed by atoms with Crippen LogP contribution in [0.2, 0.25) is 0 Å². The molecule has 6 atom stereocenters. The molecule has 212 valence electrons. The van der Waals surface area contributed by atoms with Crippen LogP contribution in [0.5, 0.6) is 5.75 Å². The minimum absolute atomic E-state index is 0.0315. The van der Waals surface area contributed by atoms with E-state index in [0.29, 0.717) is 11.2 Å². The Labute approximate surface area is 224 Å². The lowest BCUT2D eigenvalue weighted by molar-refractivity contribution is -0.149. The largest absolute Gasteiger partial charge is 0.462 e. The second-order valence-electron chi connectivity index (χ2n) is 9.65. The number of carbonyl (C=O) groups excluding carboxylic acids is 1. The molecule has 3 aromatic rings. The van der Waals surface area contributed by atoms with E-state index in [4.69, 9.17) is 24.3 Å². The summed E-state index contributed by atoms with van der Waals surface area (Å²) in [6.07, 6.45) is -3.44. The number of anilines is 1. The number of hydrogen-bond donors (Lipinski definition) is 3. The standard InChI is InChI=1S/C24H32FN6O7P/c1-13(2)36-21(33)15(4)30-39(34,38-16-9-7-6-8-10-16)35-11-17-19(32)24(5,25)22(37-17)31-12-27-18-14(3)28-23(26)29-20(18)31/h6-10,12-13,15,17,19,22,32H,11H2,1-5H3,(H,30,34)(H2,26,28,29)/t15-,17+,19+,22+,24+,39-/m0/s1. The maximum Gasteiger partial charge on any atom is 0.459 e. The number of rotatable bonds is 10. The fourth-order valence-electron chi connectivity index (χ4n) is 4.11. The number of nitrogens with one attached hydrogen (secondary N) is 1. The highest BCUT2D eigenvalue weighted by molar-refractivity contribution is 7.52. The summed E-state index contributed by atoms with van der Waals surface area (Å²) in [5.41, 5.74) is 4.54. The number of aromatic nitrogens is 4. The molecule has 1 aliphatic rings. The van der Waals surface area contributed by atoms with Gasteiger partial charge in [-0.1, -0.05) is 18.2 Å². The lowest BCUT2D eigenvalue weighted by atomic mass is 9.98. The third kappa shape index (κ3) is 6.20. The molecule has 0 amide bonds. The van der Waals surface area contributed by atoms with Gasteiger partial charge in [-0.2, -0.15) is 10.1 Å². The van der Waals surface area contributed by atoms with Gasteiger partial charge in [0, 0.05) is 0 Å². The van der Waals surface area contributed by atoms with Gasteiger partial charge in [0.25, 0.3) is 0 Å². The molecule has 0 saturated carbocycles. The normalized spacial score (nSPS) is 25.5. The third-order valence-electron chi connectivity index (χ3n) is 6.02. The Morgan fingerprint density at radius 1 is 1.31 bits per heavy atom. The zero-order valence-corrected chi connectivity index (χ0v) is 23.0. The van der Waals surface area contributed by atoms with Crippen LogP contribution in [0.4, 0.5) is 10.3 Å². The van der Waals surface area contributed by atoms with E-state index in [9.17, 15) is 14.5 Å². The molecule has 0 radical (unpaired) electrons. The third-order valence-corrected chi connectivity index (χ3v) is 7.66. The molecule has 13 nitrogen and oxygen atoms in total. The number of fused-ring (bicyclic) bond motifs is 1. The highest BCUT2D eigenvalue weighted by Gasteiger charge is 2.56. The molecule has 15 heteroatoms. The Kier molecular flexibility index (Phi) is 8.24. The predicted molar refractivity (Wildman–Crippen MR) is 138 cm³/mol. The summed E-state index contributed by atoms with van der Waals surface area (Å²) in [6, 6.07) is 7.06. The van der Waals surface area contributed by atoms with Crippen LogP contribution in [-0.2, 0) is 23.4 Å². The summed E-state index contributed by atoms with van der Waals surface area (Å²) >= 11 is 0. The number of nitrogens with zero attached hydrogens (tertiary/aromatic N) is 4. The van der Waals surface area contributed by atoms with Crippen LogP contribution in [-0.4, -0.2) is 67.2 Å². The van der Waals surface area contributed by atoms with Crippen molar-refractivity contribution >= 4 is 30.8 Å².